The summed E-state index contributed by atoms with van der Waals surface area (Å²) in [6, 6.07) is 10.0. The summed E-state index contributed by atoms with van der Waals surface area (Å²) in [5.41, 5.74) is 1.59. The number of carboxylic acids is 1. The number of hydrogen-bond donors (Lipinski definition) is 1. The van der Waals surface area contributed by atoms with Crippen molar-refractivity contribution >= 4 is 32.8 Å². The Labute approximate surface area is 134 Å². The van der Waals surface area contributed by atoms with Crippen molar-refractivity contribution in [2.24, 2.45) is 0 Å². The molecule has 0 unspecified atom stereocenters. The summed E-state index contributed by atoms with van der Waals surface area (Å²) in [6.45, 7) is 0.376. The van der Waals surface area contributed by atoms with Gasteiger partial charge < -0.3 is 9.67 Å². The van der Waals surface area contributed by atoms with E-state index in [1.807, 2.05) is 0 Å². The van der Waals surface area contributed by atoms with E-state index < -0.39 is 5.97 Å². The van der Waals surface area contributed by atoms with Crippen LogP contribution < -0.4 is 5.56 Å². The maximum absolute atomic E-state index is 12.5. The van der Waals surface area contributed by atoms with E-state index in [1.165, 1.54) is 12.1 Å². The first kappa shape index (κ1) is 14.5. The molecule has 110 valence electrons. The van der Waals surface area contributed by atoms with Crippen molar-refractivity contribution in [2.75, 3.05) is 0 Å². The molecule has 2 aromatic heterocycles. The van der Waals surface area contributed by atoms with Crippen LogP contribution >= 0.6 is 15.9 Å². The standard InChI is InChI=1S/C16H11BrN2O3/c17-12-7-13-14(18-8-12)5-6-19(15(13)20)9-10-1-3-11(4-2-10)16(21)22/h1-8H,9H2,(H,21,22). The molecule has 22 heavy (non-hydrogen) atoms. The van der Waals surface area contributed by atoms with Gasteiger partial charge >= 0.3 is 5.97 Å². The lowest BCUT2D eigenvalue weighted by Gasteiger charge is -2.07. The molecule has 0 fully saturated rings. The minimum Gasteiger partial charge on any atom is -0.478 e. The van der Waals surface area contributed by atoms with Gasteiger partial charge in [0.1, 0.15) is 0 Å². The number of aromatic carboxylic acids is 1. The molecule has 0 aliphatic carbocycles. The fourth-order valence-electron chi connectivity index (χ4n) is 2.21. The zero-order valence-corrected chi connectivity index (χ0v) is 12.9. The van der Waals surface area contributed by atoms with Gasteiger partial charge in [0.15, 0.2) is 0 Å². The van der Waals surface area contributed by atoms with E-state index in [0.29, 0.717) is 17.4 Å². The number of carboxylic acid groups (broad SMARTS) is 1. The van der Waals surface area contributed by atoms with Crippen LogP contribution in [0.4, 0.5) is 0 Å². The Morgan fingerprint density at radius 1 is 1.23 bits per heavy atom. The van der Waals surface area contributed by atoms with Crippen molar-refractivity contribution in [1.29, 1.82) is 0 Å². The Morgan fingerprint density at radius 3 is 2.64 bits per heavy atom. The van der Waals surface area contributed by atoms with E-state index in [2.05, 4.69) is 20.9 Å². The Bertz CT molecular complexity index is 917. The summed E-state index contributed by atoms with van der Waals surface area (Å²) in [7, 11) is 0. The van der Waals surface area contributed by atoms with Gasteiger partial charge in [-0.1, -0.05) is 12.1 Å². The van der Waals surface area contributed by atoms with Crippen LogP contribution in [0.15, 0.2) is 58.1 Å². The molecule has 3 rings (SSSR count). The first-order chi connectivity index (χ1) is 10.5. The normalized spacial score (nSPS) is 10.8. The predicted octanol–water partition coefficient (Wildman–Crippen LogP) is 2.91. The highest BCUT2D eigenvalue weighted by Crippen LogP contribution is 2.14. The predicted molar refractivity (Wildman–Crippen MR) is 86.2 cm³/mol. The molecular weight excluding hydrogens is 348 g/mol. The lowest BCUT2D eigenvalue weighted by atomic mass is 10.1. The Morgan fingerprint density at radius 2 is 1.95 bits per heavy atom. The van der Waals surface area contributed by atoms with Crippen LogP contribution in [0.5, 0.6) is 0 Å². The van der Waals surface area contributed by atoms with Gasteiger partial charge in [0.2, 0.25) is 0 Å². The monoisotopic (exact) mass is 358 g/mol. The fraction of sp³-hybridized carbons (Fsp3) is 0.0625. The molecule has 0 spiro atoms. The minimum atomic E-state index is -0.967. The summed E-state index contributed by atoms with van der Waals surface area (Å²) in [6.07, 6.45) is 3.34. The van der Waals surface area contributed by atoms with Crippen molar-refractivity contribution in [3.8, 4) is 0 Å². The average molecular weight is 359 g/mol. The number of aromatic nitrogens is 2. The van der Waals surface area contributed by atoms with Gasteiger partial charge in [-0.15, -0.1) is 0 Å². The molecule has 0 aliphatic heterocycles. The second-order valence-corrected chi connectivity index (χ2v) is 5.75. The van der Waals surface area contributed by atoms with Crippen LogP contribution in [0.3, 0.4) is 0 Å². The maximum Gasteiger partial charge on any atom is 0.335 e. The average Bonchev–Trinajstić information content (AvgIpc) is 2.51. The van der Waals surface area contributed by atoms with Crippen LogP contribution in [0, 0.1) is 0 Å². The van der Waals surface area contributed by atoms with Gasteiger partial charge in [0.25, 0.3) is 5.56 Å². The summed E-state index contributed by atoms with van der Waals surface area (Å²) in [4.78, 5) is 27.5. The molecule has 0 aliphatic rings. The largest absolute Gasteiger partial charge is 0.478 e. The Hall–Kier alpha value is -2.47. The number of fused-ring (bicyclic) bond motifs is 1. The molecule has 0 atom stereocenters. The van der Waals surface area contributed by atoms with Gasteiger partial charge in [-0.05, 0) is 45.8 Å². The van der Waals surface area contributed by atoms with E-state index in [4.69, 9.17) is 5.11 Å². The third-order valence-electron chi connectivity index (χ3n) is 3.34. The quantitative estimate of drug-likeness (QED) is 0.781. The molecule has 1 N–H and O–H groups in total. The van der Waals surface area contributed by atoms with E-state index in [0.717, 1.165) is 10.0 Å². The first-order valence-corrected chi connectivity index (χ1v) is 7.31. The van der Waals surface area contributed by atoms with Crippen molar-refractivity contribution in [3.05, 3.63) is 74.7 Å². The number of benzene rings is 1. The van der Waals surface area contributed by atoms with Crippen molar-refractivity contribution in [2.45, 2.75) is 6.54 Å². The molecule has 0 saturated heterocycles. The van der Waals surface area contributed by atoms with E-state index >= 15 is 0 Å². The van der Waals surface area contributed by atoms with Gasteiger partial charge in [-0.2, -0.15) is 0 Å². The van der Waals surface area contributed by atoms with Gasteiger partial charge in [-0.25, -0.2) is 4.79 Å². The third-order valence-corrected chi connectivity index (χ3v) is 3.78. The highest BCUT2D eigenvalue weighted by molar-refractivity contribution is 9.10. The van der Waals surface area contributed by atoms with Crippen molar-refractivity contribution in [3.63, 3.8) is 0 Å². The summed E-state index contributed by atoms with van der Waals surface area (Å²) >= 11 is 3.31. The second-order valence-electron chi connectivity index (χ2n) is 4.84. The second kappa shape index (κ2) is 5.73. The molecule has 1 aromatic carbocycles. The summed E-state index contributed by atoms with van der Waals surface area (Å²) in [5, 5.41) is 9.43. The summed E-state index contributed by atoms with van der Waals surface area (Å²) < 4.78 is 2.33. The van der Waals surface area contributed by atoms with Gasteiger partial charge in [0, 0.05) is 16.9 Å². The molecular formula is C16H11BrN2O3. The zero-order chi connectivity index (χ0) is 15.7. The van der Waals surface area contributed by atoms with E-state index in [9.17, 15) is 9.59 Å². The molecule has 0 bridgehead atoms. The molecule has 0 radical (unpaired) electrons. The minimum absolute atomic E-state index is 0.131. The lowest BCUT2D eigenvalue weighted by Crippen LogP contribution is -2.20. The van der Waals surface area contributed by atoms with Crippen LogP contribution in [0.1, 0.15) is 15.9 Å². The Balaban J connectivity index is 1.98. The third kappa shape index (κ3) is 2.78. The van der Waals surface area contributed by atoms with E-state index in [-0.39, 0.29) is 11.1 Å². The number of carbonyl (C=O) groups is 1. The lowest BCUT2D eigenvalue weighted by molar-refractivity contribution is 0.0697. The first-order valence-electron chi connectivity index (χ1n) is 6.51. The number of rotatable bonds is 3. The molecule has 0 saturated carbocycles. The molecule has 6 heteroatoms. The van der Waals surface area contributed by atoms with Crippen LogP contribution in [-0.4, -0.2) is 20.6 Å². The van der Waals surface area contributed by atoms with Gasteiger partial charge in [0.05, 0.1) is 23.0 Å². The highest BCUT2D eigenvalue weighted by Gasteiger charge is 2.06. The Kier molecular flexibility index (Phi) is 3.77. The molecule has 5 nitrogen and oxygen atoms in total. The number of hydrogen-bond acceptors (Lipinski definition) is 3. The smallest absolute Gasteiger partial charge is 0.335 e. The van der Waals surface area contributed by atoms with Crippen LogP contribution in [0.2, 0.25) is 0 Å². The van der Waals surface area contributed by atoms with Gasteiger partial charge in [-0.3, -0.25) is 9.78 Å². The number of halogens is 1. The van der Waals surface area contributed by atoms with Crippen molar-refractivity contribution < 1.29 is 9.90 Å². The number of pyridine rings is 2. The zero-order valence-electron chi connectivity index (χ0n) is 11.4. The van der Waals surface area contributed by atoms with Crippen LogP contribution in [-0.2, 0) is 6.54 Å². The number of nitrogens with zero attached hydrogens (tertiary/aromatic N) is 2. The SMILES string of the molecule is O=C(O)c1ccc(Cn2ccc3ncc(Br)cc3c2=O)cc1. The summed E-state index contributed by atoms with van der Waals surface area (Å²) in [5.74, 6) is -0.967. The highest BCUT2D eigenvalue weighted by atomic mass is 79.9. The van der Waals surface area contributed by atoms with Crippen molar-refractivity contribution in [1.82, 2.24) is 9.55 Å². The topological polar surface area (TPSA) is 72.2 Å². The fourth-order valence-corrected chi connectivity index (χ4v) is 2.54. The van der Waals surface area contributed by atoms with E-state index in [1.54, 1.807) is 41.2 Å². The molecule has 3 aromatic rings. The maximum atomic E-state index is 12.5. The molecule has 2 heterocycles. The molecule has 0 amide bonds. The van der Waals surface area contributed by atoms with Crippen LogP contribution in [0.25, 0.3) is 10.9 Å².